The second-order valence-corrected chi connectivity index (χ2v) is 3.49. The molecule has 0 saturated heterocycles. The molecule has 5 N–H and O–H groups in total. The molecular formula is C10H14FN3O. The van der Waals surface area contributed by atoms with Crippen LogP contribution >= 0.6 is 0 Å². The van der Waals surface area contributed by atoms with Crippen molar-refractivity contribution in [2.75, 3.05) is 11.1 Å². The first-order chi connectivity index (χ1) is 6.97. The van der Waals surface area contributed by atoms with E-state index in [0.29, 0.717) is 11.4 Å². The molecule has 0 radical (unpaired) electrons. The number of nitrogens with two attached hydrogens (primary N) is 2. The van der Waals surface area contributed by atoms with E-state index in [0.717, 1.165) is 0 Å². The Morgan fingerprint density at radius 2 is 2.20 bits per heavy atom. The van der Waals surface area contributed by atoms with Crippen molar-refractivity contribution in [3.63, 3.8) is 0 Å². The summed E-state index contributed by atoms with van der Waals surface area (Å²) >= 11 is 0. The molecule has 0 aliphatic rings. The zero-order valence-corrected chi connectivity index (χ0v) is 8.46. The van der Waals surface area contributed by atoms with Gasteiger partial charge >= 0.3 is 0 Å². The van der Waals surface area contributed by atoms with Gasteiger partial charge in [-0.05, 0) is 25.1 Å². The van der Waals surface area contributed by atoms with Gasteiger partial charge in [-0.1, -0.05) is 0 Å². The molecule has 5 heteroatoms. The van der Waals surface area contributed by atoms with Crippen LogP contribution in [0.2, 0.25) is 0 Å². The highest BCUT2D eigenvalue weighted by Gasteiger charge is 2.06. The fourth-order valence-corrected chi connectivity index (χ4v) is 1.33. The fourth-order valence-electron chi connectivity index (χ4n) is 1.33. The van der Waals surface area contributed by atoms with Gasteiger partial charge in [-0.3, -0.25) is 4.79 Å². The minimum absolute atomic E-state index is 0.149. The summed E-state index contributed by atoms with van der Waals surface area (Å²) in [6.45, 7) is 1.78. The molecule has 0 fully saturated rings. The number of benzene rings is 1. The third-order valence-corrected chi connectivity index (χ3v) is 1.84. The molecule has 1 rings (SSSR count). The highest BCUT2D eigenvalue weighted by atomic mass is 19.1. The topological polar surface area (TPSA) is 81.1 Å². The van der Waals surface area contributed by atoms with Gasteiger partial charge < -0.3 is 16.8 Å². The third-order valence-electron chi connectivity index (χ3n) is 1.84. The maximum absolute atomic E-state index is 12.9. The fraction of sp³-hybridized carbons (Fsp3) is 0.300. The van der Waals surface area contributed by atoms with Crippen LogP contribution in [0.25, 0.3) is 0 Å². The summed E-state index contributed by atoms with van der Waals surface area (Å²) in [4.78, 5) is 10.6. The summed E-state index contributed by atoms with van der Waals surface area (Å²) in [5.41, 5.74) is 11.4. The predicted molar refractivity (Wildman–Crippen MR) is 57.7 cm³/mol. The zero-order chi connectivity index (χ0) is 11.4. The van der Waals surface area contributed by atoms with Crippen LogP contribution in [0.4, 0.5) is 15.8 Å². The van der Waals surface area contributed by atoms with E-state index < -0.39 is 11.7 Å². The molecule has 15 heavy (non-hydrogen) atoms. The van der Waals surface area contributed by atoms with E-state index in [4.69, 9.17) is 11.5 Å². The maximum atomic E-state index is 12.9. The normalized spacial score (nSPS) is 12.1. The van der Waals surface area contributed by atoms with E-state index in [1.807, 2.05) is 0 Å². The van der Waals surface area contributed by atoms with Crippen LogP contribution in [0.15, 0.2) is 18.2 Å². The Labute approximate surface area is 87.4 Å². The van der Waals surface area contributed by atoms with Gasteiger partial charge in [-0.2, -0.15) is 0 Å². The molecule has 1 amide bonds. The lowest BCUT2D eigenvalue weighted by Gasteiger charge is -2.13. The smallest absolute Gasteiger partial charge is 0.219 e. The average molecular weight is 211 g/mol. The molecule has 1 aromatic rings. The quantitative estimate of drug-likeness (QED) is 0.652. The molecule has 0 bridgehead atoms. The number of anilines is 2. The molecule has 1 unspecified atom stereocenters. The molecule has 0 aromatic heterocycles. The van der Waals surface area contributed by atoms with Gasteiger partial charge in [-0.15, -0.1) is 0 Å². The Kier molecular flexibility index (Phi) is 3.49. The summed E-state index contributed by atoms with van der Waals surface area (Å²) in [5, 5.41) is 2.93. The van der Waals surface area contributed by atoms with Crippen molar-refractivity contribution in [1.29, 1.82) is 0 Å². The van der Waals surface area contributed by atoms with Gasteiger partial charge in [0.05, 0.1) is 0 Å². The standard InChI is InChI=1S/C10H14FN3O/c1-6(2-10(13)15)14-9-4-7(11)3-8(12)5-9/h3-6,14H,2,12H2,1H3,(H2,13,15). The molecular weight excluding hydrogens is 197 g/mol. The van der Waals surface area contributed by atoms with Gasteiger partial charge in [0.25, 0.3) is 0 Å². The maximum Gasteiger partial charge on any atom is 0.219 e. The molecule has 0 spiro atoms. The molecule has 0 aliphatic carbocycles. The highest BCUT2D eigenvalue weighted by molar-refractivity contribution is 5.75. The SMILES string of the molecule is CC(CC(N)=O)Nc1cc(N)cc(F)c1. The third kappa shape index (κ3) is 3.84. The first-order valence-electron chi connectivity index (χ1n) is 4.58. The van der Waals surface area contributed by atoms with Gasteiger partial charge in [0.15, 0.2) is 0 Å². The van der Waals surface area contributed by atoms with Gasteiger partial charge in [-0.25, -0.2) is 4.39 Å². The Morgan fingerprint density at radius 3 is 2.73 bits per heavy atom. The summed E-state index contributed by atoms with van der Waals surface area (Å²) in [7, 11) is 0. The molecule has 4 nitrogen and oxygen atoms in total. The average Bonchev–Trinajstić information content (AvgIpc) is 1.98. The van der Waals surface area contributed by atoms with E-state index in [2.05, 4.69) is 5.32 Å². The van der Waals surface area contributed by atoms with Crippen LogP contribution in [-0.2, 0) is 4.79 Å². The Balaban J connectivity index is 2.67. The summed E-state index contributed by atoms with van der Waals surface area (Å²) in [6.07, 6.45) is 0.191. The van der Waals surface area contributed by atoms with Crippen LogP contribution in [0.3, 0.4) is 0 Å². The minimum Gasteiger partial charge on any atom is -0.399 e. The van der Waals surface area contributed by atoms with Crippen molar-refractivity contribution >= 4 is 17.3 Å². The van der Waals surface area contributed by atoms with Crippen molar-refractivity contribution in [2.45, 2.75) is 19.4 Å². The van der Waals surface area contributed by atoms with Crippen LogP contribution < -0.4 is 16.8 Å². The summed E-state index contributed by atoms with van der Waals surface area (Å²) in [6, 6.07) is 3.99. The number of carbonyl (C=O) groups is 1. The van der Waals surface area contributed by atoms with E-state index in [1.54, 1.807) is 13.0 Å². The van der Waals surface area contributed by atoms with Crippen LogP contribution in [0.1, 0.15) is 13.3 Å². The Morgan fingerprint density at radius 1 is 1.53 bits per heavy atom. The Hall–Kier alpha value is -1.78. The predicted octanol–water partition coefficient (Wildman–Crippen LogP) is 1.08. The van der Waals surface area contributed by atoms with Crippen molar-refractivity contribution in [3.8, 4) is 0 Å². The lowest BCUT2D eigenvalue weighted by atomic mass is 10.2. The second-order valence-electron chi connectivity index (χ2n) is 3.49. The van der Waals surface area contributed by atoms with Gasteiger partial charge in [0.1, 0.15) is 5.82 Å². The van der Waals surface area contributed by atoms with Crippen LogP contribution in [0.5, 0.6) is 0 Å². The lowest BCUT2D eigenvalue weighted by Crippen LogP contribution is -2.24. The van der Waals surface area contributed by atoms with Gasteiger partial charge in [0.2, 0.25) is 5.91 Å². The van der Waals surface area contributed by atoms with Crippen LogP contribution in [0, 0.1) is 5.82 Å². The van der Waals surface area contributed by atoms with Crippen LogP contribution in [-0.4, -0.2) is 11.9 Å². The number of amides is 1. The molecule has 0 heterocycles. The zero-order valence-electron chi connectivity index (χ0n) is 8.46. The van der Waals surface area contributed by atoms with E-state index in [1.165, 1.54) is 12.1 Å². The van der Waals surface area contributed by atoms with Gasteiger partial charge in [0, 0.05) is 23.8 Å². The highest BCUT2D eigenvalue weighted by Crippen LogP contribution is 2.16. The van der Waals surface area contributed by atoms with E-state index in [-0.39, 0.29) is 12.5 Å². The molecule has 1 atom stereocenters. The summed E-state index contributed by atoms with van der Waals surface area (Å²) in [5.74, 6) is -0.817. The lowest BCUT2D eigenvalue weighted by molar-refractivity contribution is -0.118. The first kappa shape index (κ1) is 11.3. The largest absolute Gasteiger partial charge is 0.399 e. The molecule has 0 aliphatic heterocycles. The van der Waals surface area contributed by atoms with E-state index >= 15 is 0 Å². The summed E-state index contributed by atoms with van der Waals surface area (Å²) < 4.78 is 12.9. The molecule has 0 saturated carbocycles. The van der Waals surface area contributed by atoms with Crippen molar-refractivity contribution in [2.24, 2.45) is 5.73 Å². The van der Waals surface area contributed by atoms with E-state index in [9.17, 15) is 9.18 Å². The Bertz CT molecular complexity index is 347. The number of primary amides is 1. The number of hydrogen-bond donors (Lipinski definition) is 3. The first-order valence-corrected chi connectivity index (χ1v) is 4.58. The minimum atomic E-state index is -0.413. The number of carbonyl (C=O) groups excluding carboxylic acids is 1. The van der Waals surface area contributed by atoms with Crippen molar-refractivity contribution in [3.05, 3.63) is 24.0 Å². The number of rotatable bonds is 4. The number of hydrogen-bond acceptors (Lipinski definition) is 3. The second kappa shape index (κ2) is 4.63. The molecule has 82 valence electrons. The number of nitrogens with one attached hydrogen (secondary N) is 1. The van der Waals surface area contributed by atoms with Crippen molar-refractivity contribution in [1.82, 2.24) is 0 Å². The monoisotopic (exact) mass is 211 g/mol. The number of halogens is 1. The van der Waals surface area contributed by atoms with Crippen molar-refractivity contribution < 1.29 is 9.18 Å². The number of nitrogen functional groups attached to an aromatic ring is 1. The molecule has 1 aromatic carbocycles.